The molecule has 0 amide bonds. The van der Waals surface area contributed by atoms with Gasteiger partial charge in [-0.3, -0.25) is 5.10 Å². The second-order valence-electron chi connectivity index (χ2n) is 6.10. The summed E-state index contributed by atoms with van der Waals surface area (Å²) in [5.74, 6) is 1.79. The molecule has 7 nitrogen and oxygen atoms in total. The third kappa shape index (κ3) is 3.22. The molecule has 0 fully saturated rings. The molecule has 4 rings (SSSR count). The molecule has 9 heteroatoms. The average molecular weight is 401 g/mol. The number of pyridine rings is 1. The van der Waals surface area contributed by atoms with Crippen molar-refractivity contribution in [2.24, 2.45) is 7.05 Å². The minimum Gasteiger partial charge on any atom is -0.397 e. The van der Waals surface area contributed by atoms with Crippen molar-refractivity contribution in [2.45, 2.75) is 11.1 Å². The maximum absolute atomic E-state index is 6.54. The third-order valence-corrected chi connectivity index (χ3v) is 6.81. The molecule has 0 aliphatic heterocycles. The summed E-state index contributed by atoms with van der Waals surface area (Å²) in [7, 11) is 3.71. The largest absolute Gasteiger partial charge is 0.397 e. The van der Waals surface area contributed by atoms with Crippen LogP contribution in [0.25, 0.3) is 32.9 Å². The number of aromatic amines is 1. The Morgan fingerprint density at radius 2 is 2.26 bits per heavy atom. The Morgan fingerprint density at radius 1 is 1.41 bits per heavy atom. The first-order valence-corrected chi connectivity index (χ1v) is 10.2. The van der Waals surface area contributed by atoms with Gasteiger partial charge in [-0.2, -0.15) is 5.10 Å². The highest BCUT2D eigenvalue weighted by atomic mass is 32.2. The van der Waals surface area contributed by atoms with E-state index in [1.54, 1.807) is 36.4 Å². The van der Waals surface area contributed by atoms with Crippen molar-refractivity contribution < 1.29 is 4.74 Å². The number of thiophene rings is 1. The average Bonchev–Trinajstić information content (AvgIpc) is 3.37. The summed E-state index contributed by atoms with van der Waals surface area (Å²) in [6.45, 7) is 2.67. The molecule has 0 saturated heterocycles. The molecule has 0 aliphatic rings. The summed E-state index contributed by atoms with van der Waals surface area (Å²) in [6.07, 6.45) is 3.61. The number of nitrogens with zero attached hydrogens (tertiary/aromatic N) is 4. The van der Waals surface area contributed by atoms with E-state index >= 15 is 0 Å². The number of rotatable bonds is 6. The number of nitrogens with two attached hydrogens (primary N) is 1. The van der Waals surface area contributed by atoms with Crippen LogP contribution in [0.2, 0.25) is 0 Å². The van der Waals surface area contributed by atoms with Gasteiger partial charge in [0.2, 0.25) is 0 Å². The smallest absolute Gasteiger partial charge is 0.127 e. The van der Waals surface area contributed by atoms with E-state index in [1.807, 2.05) is 26.2 Å². The monoisotopic (exact) mass is 400 g/mol. The van der Waals surface area contributed by atoms with Gasteiger partial charge in [0.1, 0.15) is 10.7 Å². The van der Waals surface area contributed by atoms with E-state index in [0.717, 1.165) is 54.3 Å². The Labute approximate surface area is 165 Å². The summed E-state index contributed by atoms with van der Waals surface area (Å²) in [5, 5.41) is 8.03. The van der Waals surface area contributed by atoms with Gasteiger partial charge in [-0.15, -0.1) is 23.1 Å². The SMILES string of the molecule is COCCSc1sc2nc(-c3ccn[nH]3)cc(-c3cnc(C)n3C)c2c1N. The molecular weight excluding hydrogens is 380 g/mol. The second kappa shape index (κ2) is 7.34. The molecule has 0 bridgehead atoms. The quantitative estimate of drug-likeness (QED) is 0.378. The van der Waals surface area contributed by atoms with Crippen molar-refractivity contribution in [1.82, 2.24) is 24.7 Å². The molecule has 0 unspecified atom stereocenters. The van der Waals surface area contributed by atoms with Crippen LogP contribution in [0.5, 0.6) is 0 Å². The van der Waals surface area contributed by atoms with Crippen LogP contribution < -0.4 is 5.73 Å². The highest BCUT2D eigenvalue weighted by molar-refractivity contribution is 8.01. The second-order valence-corrected chi connectivity index (χ2v) is 8.46. The number of hydrogen-bond donors (Lipinski definition) is 2. The number of methoxy groups -OCH3 is 1. The first kappa shape index (κ1) is 18.0. The first-order valence-electron chi connectivity index (χ1n) is 8.43. The lowest BCUT2D eigenvalue weighted by atomic mass is 10.1. The van der Waals surface area contributed by atoms with Crippen LogP contribution in [-0.2, 0) is 11.8 Å². The number of aromatic nitrogens is 5. The number of H-pyrrole nitrogens is 1. The van der Waals surface area contributed by atoms with Crippen molar-refractivity contribution >= 4 is 39.0 Å². The molecule has 0 aliphatic carbocycles. The molecule has 0 radical (unpaired) electrons. The normalized spacial score (nSPS) is 11.5. The zero-order valence-corrected chi connectivity index (χ0v) is 16.9. The van der Waals surface area contributed by atoms with Crippen molar-refractivity contribution in [3.8, 4) is 22.6 Å². The Morgan fingerprint density at radius 3 is 2.93 bits per heavy atom. The third-order valence-electron chi connectivity index (χ3n) is 4.46. The van der Waals surface area contributed by atoms with E-state index in [9.17, 15) is 0 Å². The van der Waals surface area contributed by atoms with Crippen molar-refractivity contribution in [1.29, 1.82) is 0 Å². The number of nitrogen functional groups attached to an aromatic ring is 1. The standard InChI is InChI=1S/C18H20N6OS2/c1-10-20-9-14(24(10)2)11-8-13(12-4-5-21-23-12)22-17-15(11)16(19)18(27-17)26-7-6-25-3/h4-5,8-9H,6-7,19H2,1-3H3,(H,21,23). The molecule has 0 atom stereocenters. The van der Waals surface area contributed by atoms with Crippen LogP contribution in [0.3, 0.4) is 0 Å². The maximum Gasteiger partial charge on any atom is 0.127 e. The Bertz CT molecular complexity index is 1080. The van der Waals surface area contributed by atoms with E-state index in [0.29, 0.717) is 6.61 Å². The van der Waals surface area contributed by atoms with Crippen LogP contribution in [0.15, 0.2) is 28.7 Å². The lowest BCUT2D eigenvalue weighted by Gasteiger charge is -2.09. The Hall–Kier alpha value is -2.36. The number of hydrogen-bond acceptors (Lipinski definition) is 7. The molecule has 4 aromatic heterocycles. The molecule has 140 valence electrons. The highest BCUT2D eigenvalue weighted by Gasteiger charge is 2.20. The van der Waals surface area contributed by atoms with Crippen LogP contribution in [0, 0.1) is 6.92 Å². The number of aryl methyl sites for hydroxylation is 1. The van der Waals surface area contributed by atoms with E-state index < -0.39 is 0 Å². The van der Waals surface area contributed by atoms with Crippen LogP contribution >= 0.6 is 23.1 Å². The lowest BCUT2D eigenvalue weighted by Crippen LogP contribution is -1.97. The molecule has 4 heterocycles. The summed E-state index contributed by atoms with van der Waals surface area (Å²) < 4.78 is 8.30. The number of thioether (sulfide) groups is 1. The topological polar surface area (TPSA) is 94.6 Å². The van der Waals surface area contributed by atoms with Crippen LogP contribution in [-0.4, -0.2) is 44.2 Å². The Balaban J connectivity index is 1.93. The van der Waals surface area contributed by atoms with Gasteiger partial charge in [0.05, 0.1) is 39.8 Å². The number of nitrogens with one attached hydrogen (secondary N) is 1. The molecule has 27 heavy (non-hydrogen) atoms. The van der Waals surface area contributed by atoms with Gasteiger partial charge in [-0.05, 0) is 19.1 Å². The van der Waals surface area contributed by atoms with Gasteiger partial charge in [-0.1, -0.05) is 0 Å². The number of imidazole rings is 1. The molecule has 0 aromatic carbocycles. The van der Waals surface area contributed by atoms with Crippen LogP contribution in [0.4, 0.5) is 5.69 Å². The van der Waals surface area contributed by atoms with Gasteiger partial charge in [0.15, 0.2) is 0 Å². The van der Waals surface area contributed by atoms with Crippen LogP contribution in [0.1, 0.15) is 5.82 Å². The fourth-order valence-electron chi connectivity index (χ4n) is 2.92. The fraction of sp³-hybridized carbons (Fsp3) is 0.278. The molecule has 0 saturated carbocycles. The van der Waals surface area contributed by atoms with Crippen molar-refractivity contribution in [3.05, 3.63) is 30.4 Å². The predicted molar refractivity (Wildman–Crippen MR) is 111 cm³/mol. The summed E-state index contributed by atoms with van der Waals surface area (Å²) in [5.41, 5.74) is 11.1. The number of anilines is 1. The molecule has 4 aromatic rings. The summed E-state index contributed by atoms with van der Waals surface area (Å²) in [4.78, 5) is 10.2. The molecule has 3 N–H and O–H groups in total. The predicted octanol–water partition coefficient (Wildman–Crippen LogP) is 3.72. The zero-order valence-electron chi connectivity index (χ0n) is 15.3. The van der Waals surface area contributed by atoms with Crippen molar-refractivity contribution in [2.75, 3.05) is 25.2 Å². The zero-order chi connectivity index (χ0) is 19.0. The minimum atomic E-state index is 0.680. The maximum atomic E-state index is 6.54. The number of ether oxygens (including phenoxy) is 1. The van der Waals surface area contributed by atoms with Gasteiger partial charge in [0, 0.05) is 37.1 Å². The fourth-order valence-corrected chi connectivity index (χ4v) is 5.19. The minimum absolute atomic E-state index is 0.680. The summed E-state index contributed by atoms with van der Waals surface area (Å²) >= 11 is 3.31. The van der Waals surface area contributed by atoms with Crippen molar-refractivity contribution in [3.63, 3.8) is 0 Å². The van der Waals surface area contributed by atoms with E-state index in [1.165, 1.54) is 0 Å². The Kier molecular flexibility index (Phi) is 4.90. The summed E-state index contributed by atoms with van der Waals surface area (Å²) in [6, 6.07) is 3.97. The van der Waals surface area contributed by atoms with E-state index in [-0.39, 0.29) is 0 Å². The van der Waals surface area contributed by atoms with Gasteiger partial charge in [-0.25, -0.2) is 9.97 Å². The number of fused-ring (bicyclic) bond motifs is 1. The highest BCUT2D eigenvalue weighted by Crippen LogP contribution is 2.44. The van der Waals surface area contributed by atoms with Gasteiger partial charge in [0.25, 0.3) is 0 Å². The van der Waals surface area contributed by atoms with Gasteiger partial charge >= 0.3 is 0 Å². The molecular formula is C18H20N6OS2. The first-order chi connectivity index (χ1) is 13.1. The van der Waals surface area contributed by atoms with E-state index in [4.69, 9.17) is 15.5 Å². The van der Waals surface area contributed by atoms with Gasteiger partial charge < -0.3 is 15.0 Å². The lowest BCUT2D eigenvalue weighted by molar-refractivity contribution is 0.218. The molecule has 0 spiro atoms. The van der Waals surface area contributed by atoms with E-state index in [2.05, 4.69) is 25.8 Å².